The Kier molecular flexibility index (Phi) is 7.74. The van der Waals surface area contributed by atoms with Crippen LogP contribution in [0.3, 0.4) is 0 Å². The summed E-state index contributed by atoms with van der Waals surface area (Å²) in [5.41, 5.74) is 1.44. The average Bonchev–Trinajstić information content (AvgIpc) is 3.45. The third-order valence-electron chi connectivity index (χ3n) is 5.11. The highest BCUT2D eigenvalue weighted by Crippen LogP contribution is 2.35. The number of hydrogen-bond acceptors (Lipinski definition) is 8. The molecule has 8 nitrogen and oxygen atoms in total. The quantitative estimate of drug-likeness (QED) is 0.278. The molecule has 2 heterocycles. The Morgan fingerprint density at radius 1 is 1.06 bits per heavy atom. The minimum absolute atomic E-state index is 0.0137. The summed E-state index contributed by atoms with van der Waals surface area (Å²) in [7, 11) is 1.23. The van der Waals surface area contributed by atoms with Crippen LogP contribution in [0.2, 0.25) is 0 Å². The molecule has 1 aliphatic rings. The van der Waals surface area contributed by atoms with E-state index >= 15 is 0 Å². The van der Waals surface area contributed by atoms with Crippen molar-refractivity contribution in [2.24, 2.45) is 0 Å². The molecule has 0 N–H and O–H groups in total. The molecule has 0 unspecified atom stereocenters. The van der Waals surface area contributed by atoms with Gasteiger partial charge in [0.25, 0.3) is 11.1 Å². The van der Waals surface area contributed by atoms with Crippen LogP contribution in [-0.4, -0.2) is 35.7 Å². The molecule has 0 aliphatic carbocycles. The smallest absolute Gasteiger partial charge is 0.373 e. The van der Waals surface area contributed by atoms with E-state index in [1.165, 1.54) is 31.4 Å². The van der Waals surface area contributed by atoms with E-state index in [1.54, 1.807) is 36.4 Å². The summed E-state index contributed by atoms with van der Waals surface area (Å²) < 4.78 is 34.6. The highest BCUT2D eigenvalue weighted by Gasteiger charge is 2.35. The van der Waals surface area contributed by atoms with Crippen molar-refractivity contribution < 1.29 is 37.4 Å². The number of thioether (sulfide) groups is 1. The largest absolute Gasteiger partial charge is 0.490 e. The number of hydrogen-bond donors (Lipinski definition) is 0. The van der Waals surface area contributed by atoms with E-state index in [0.717, 1.165) is 22.2 Å². The van der Waals surface area contributed by atoms with Crippen LogP contribution in [0.1, 0.15) is 34.4 Å². The third kappa shape index (κ3) is 5.77. The summed E-state index contributed by atoms with van der Waals surface area (Å²) in [6, 6.07) is 14.1. The maximum Gasteiger partial charge on any atom is 0.373 e. The van der Waals surface area contributed by atoms with Crippen LogP contribution in [0, 0.1) is 5.82 Å². The standard InChI is InChI=1S/C26H22FNO7S/c1-3-33-22-12-17(6-10-20(22)34-15-16-4-7-18(27)8-5-16)13-23-24(29)28(26(31)36-23)14-19-9-11-21(35-19)25(30)32-2/h4-13H,3,14-15H2,1-2H3/b23-13+. The van der Waals surface area contributed by atoms with E-state index < -0.39 is 17.1 Å². The number of nitrogens with zero attached hydrogens (tertiary/aromatic N) is 1. The first-order valence-corrected chi connectivity index (χ1v) is 11.8. The highest BCUT2D eigenvalue weighted by molar-refractivity contribution is 8.18. The third-order valence-corrected chi connectivity index (χ3v) is 6.02. The summed E-state index contributed by atoms with van der Waals surface area (Å²) >= 11 is 0.808. The second-order valence-electron chi connectivity index (χ2n) is 7.58. The van der Waals surface area contributed by atoms with E-state index in [1.807, 2.05) is 6.92 Å². The molecule has 0 radical (unpaired) electrons. The van der Waals surface area contributed by atoms with Crippen LogP contribution in [0.15, 0.2) is 63.9 Å². The van der Waals surface area contributed by atoms with Crippen molar-refractivity contribution in [1.29, 1.82) is 0 Å². The molecule has 0 spiro atoms. The van der Waals surface area contributed by atoms with Gasteiger partial charge in [-0.1, -0.05) is 18.2 Å². The van der Waals surface area contributed by atoms with Gasteiger partial charge < -0.3 is 18.6 Å². The van der Waals surface area contributed by atoms with Crippen molar-refractivity contribution in [1.82, 2.24) is 4.90 Å². The number of imide groups is 1. The first kappa shape index (κ1) is 25.1. The highest BCUT2D eigenvalue weighted by atomic mass is 32.2. The molecule has 0 atom stereocenters. The Bertz CT molecular complexity index is 1320. The second-order valence-corrected chi connectivity index (χ2v) is 8.57. The normalized spacial score (nSPS) is 14.4. The van der Waals surface area contributed by atoms with Gasteiger partial charge in [-0.2, -0.15) is 0 Å². The minimum atomic E-state index is -0.648. The van der Waals surface area contributed by atoms with Crippen LogP contribution < -0.4 is 9.47 Å². The van der Waals surface area contributed by atoms with E-state index in [2.05, 4.69) is 4.74 Å². The number of rotatable bonds is 9. The first-order valence-electron chi connectivity index (χ1n) is 10.9. The van der Waals surface area contributed by atoms with Crippen LogP contribution in [0.25, 0.3) is 6.08 Å². The molecule has 36 heavy (non-hydrogen) atoms. The fourth-order valence-corrected chi connectivity index (χ4v) is 4.20. The van der Waals surface area contributed by atoms with Crippen molar-refractivity contribution in [3.8, 4) is 11.5 Å². The van der Waals surface area contributed by atoms with Crippen molar-refractivity contribution in [2.45, 2.75) is 20.1 Å². The van der Waals surface area contributed by atoms with E-state index in [0.29, 0.717) is 23.7 Å². The number of carbonyl (C=O) groups is 3. The molecule has 1 fully saturated rings. The monoisotopic (exact) mass is 511 g/mol. The zero-order valence-electron chi connectivity index (χ0n) is 19.5. The molecular formula is C26H22FNO7S. The Morgan fingerprint density at radius 3 is 2.56 bits per heavy atom. The van der Waals surface area contributed by atoms with E-state index in [9.17, 15) is 18.8 Å². The van der Waals surface area contributed by atoms with Crippen molar-refractivity contribution in [3.63, 3.8) is 0 Å². The lowest BCUT2D eigenvalue weighted by molar-refractivity contribution is -0.123. The van der Waals surface area contributed by atoms with Gasteiger partial charge in [0.15, 0.2) is 11.5 Å². The van der Waals surface area contributed by atoms with Gasteiger partial charge in [0.1, 0.15) is 18.2 Å². The van der Waals surface area contributed by atoms with Crippen molar-refractivity contribution >= 4 is 35.0 Å². The molecule has 186 valence electrons. The number of ether oxygens (including phenoxy) is 3. The average molecular weight is 512 g/mol. The summed E-state index contributed by atoms with van der Waals surface area (Å²) in [5.74, 6) is -0.219. The van der Waals surface area contributed by atoms with Gasteiger partial charge in [-0.3, -0.25) is 14.5 Å². The molecule has 2 amide bonds. The molecule has 1 saturated heterocycles. The molecule has 2 aromatic carbocycles. The number of halogens is 1. The summed E-state index contributed by atoms with van der Waals surface area (Å²) in [6.45, 7) is 2.34. The van der Waals surface area contributed by atoms with Crippen LogP contribution in [-0.2, 0) is 22.7 Å². The van der Waals surface area contributed by atoms with Crippen LogP contribution in [0.5, 0.6) is 11.5 Å². The predicted molar refractivity (Wildman–Crippen MR) is 130 cm³/mol. The molecular weight excluding hydrogens is 489 g/mol. The van der Waals surface area contributed by atoms with Crippen LogP contribution >= 0.6 is 11.8 Å². The Hall–Kier alpha value is -4.05. The maximum atomic E-state index is 13.1. The number of esters is 1. The maximum absolute atomic E-state index is 13.1. The first-order chi connectivity index (χ1) is 17.4. The molecule has 10 heteroatoms. The number of furan rings is 1. The van der Waals surface area contributed by atoms with Crippen molar-refractivity contribution in [3.05, 3.63) is 88.0 Å². The van der Waals surface area contributed by atoms with E-state index in [-0.39, 0.29) is 35.4 Å². The van der Waals surface area contributed by atoms with Gasteiger partial charge >= 0.3 is 5.97 Å². The van der Waals surface area contributed by atoms with Gasteiger partial charge in [0.05, 0.1) is 25.2 Å². The van der Waals surface area contributed by atoms with E-state index in [4.69, 9.17) is 13.9 Å². The van der Waals surface area contributed by atoms with Gasteiger partial charge in [-0.25, -0.2) is 9.18 Å². The Morgan fingerprint density at radius 2 is 1.83 bits per heavy atom. The molecule has 1 aliphatic heterocycles. The Balaban J connectivity index is 1.48. The van der Waals surface area contributed by atoms with Crippen LogP contribution in [0.4, 0.5) is 9.18 Å². The zero-order valence-corrected chi connectivity index (χ0v) is 20.3. The van der Waals surface area contributed by atoms with Gasteiger partial charge in [0, 0.05) is 0 Å². The SMILES string of the molecule is CCOc1cc(/C=C2/SC(=O)N(Cc3ccc(C(=O)OC)o3)C2=O)ccc1OCc1ccc(F)cc1. The molecule has 3 aromatic rings. The molecule has 4 rings (SSSR count). The summed E-state index contributed by atoms with van der Waals surface area (Å²) in [5, 5.41) is -0.452. The van der Waals surface area contributed by atoms with Gasteiger partial charge in [-0.15, -0.1) is 0 Å². The molecule has 1 aromatic heterocycles. The number of amides is 2. The number of benzene rings is 2. The minimum Gasteiger partial charge on any atom is -0.490 e. The lowest BCUT2D eigenvalue weighted by atomic mass is 10.1. The Labute approximate surface area is 210 Å². The van der Waals surface area contributed by atoms with Gasteiger partial charge in [0.2, 0.25) is 5.76 Å². The number of methoxy groups -OCH3 is 1. The summed E-state index contributed by atoms with van der Waals surface area (Å²) in [4.78, 5) is 38.2. The van der Waals surface area contributed by atoms with Crippen molar-refractivity contribution in [2.75, 3.05) is 13.7 Å². The zero-order chi connectivity index (χ0) is 25.7. The topological polar surface area (TPSA) is 95.3 Å². The number of carbonyl (C=O) groups excluding carboxylic acids is 3. The summed E-state index contributed by atoms with van der Waals surface area (Å²) in [6.07, 6.45) is 1.60. The molecule has 0 saturated carbocycles. The fourth-order valence-electron chi connectivity index (χ4n) is 3.36. The predicted octanol–water partition coefficient (Wildman–Crippen LogP) is 5.42. The van der Waals surface area contributed by atoms with Gasteiger partial charge in [-0.05, 0) is 72.3 Å². The second kappa shape index (κ2) is 11.1. The lowest BCUT2D eigenvalue weighted by Crippen LogP contribution is -2.27. The lowest BCUT2D eigenvalue weighted by Gasteiger charge is -2.13. The fraction of sp³-hybridized carbons (Fsp3) is 0.192. The molecule has 0 bridgehead atoms.